The van der Waals surface area contributed by atoms with Gasteiger partial charge in [0.2, 0.25) is 0 Å². The highest BCUT2D eigenvalue weighted by molar-refractivity contribution is 5.79. The number of benzene rings is 1. The van der Waals surface area contributed by atoms with Crippen LogP contribution in [0.2, 0.25) is 0 Å². The van der Waals surface area contributed by atoms with Crippen LogP contribution in [0, 0.1) is 5.82 Å². The lowest BCUT2D eigenvalue weighted by atomic mass is 10.1. The van der Waals surface area contributed by atoms with Gasteiger partial charge in [-0.25, -0.2) is 4.39 Å². The minimum Gasteiger partial charge on any atom is -0.459 e. The van der Waals surface area contributed by atoms with Crippen LogP contribution in [0.15, 0.2) is 24.3 Å². The second-order valence-corrected chi connectivity index (χ2v) is 4.04. The molecule has 0 aromatic heterocycles. The zero-order valence-electron chi connectivity index (χ0n) is 9.71. The minimum atomic E-state index is -0.759. The van der Waals surface area contributed by atoms with Crippen LogP contribution in [0.1, 0.15) is 19.4 Å². The van der Waals surface area contributed by atoms with Crippen LogP contribution >= 0.6 is 0 Å². The Balaban J connectivity index is 2.59. The Morgan fingerprint density at radius 2 is 2.06 bits per heavy atom. The fourth-order valence-electron chi connectivity index (χ4n) is 1.04. The quantitative estimate of drug-likeness (QED) is 0.795. The van der Waals surface area contributed by atoms with Gasteiger partial charge in [-0.05, 0) is 27.0 Å². The van der Waals surface area contributed by atoms with E-state index in [0.29, 0.717) is 5.56 Å². The van der Waals surface area contributed by atoms with Gasteiger partial charge < -0.3 is 10.1 Å². The third-order valence-corrected chi connectivity index (χ3v) is 2.45. The smallest absolute Gasteiger partial charge is 0.326 e. The van der Waals surface area contributed by atoms with Crippen molar-refractivity contribution in [3.63, 3.8) is 0 Å². The molecule has 0 fully saturated rings. The molecule has 4 heteroatoms. The highest BCUT2D eigenvalue weighted by Gasteiger charge is 2.27. The van der Waals surface area contributed by atoms with Crippen LogP contribution in [0.4, 0.5) is 4.39 Å². The van der Waals surface area contributed by atoms with Crippen molar-refractivity contribution in [2.45, 2.75) is 26.0 Å². The van der Waals surface area contributed by atoms with Crippen LogP contribution in [0.25, 0.3) is 0 Å². The Labute approximate surface area is 94.6 Å². The van der Waals surface area contributed by atoms with Crippen molar-refractivity contribution >= 4 is 5.97 Å². The molecule has 1 rings (SSSR count). The third-order valence-electron chi connectivity index (χ3n) is 2.45. The van der Waals surface area contributed by atoms with E-state index in [-0.39, 0.29) is 12.4 Å². The molecule has 0 saturated heterocycles. The average molecular weight is 225 g/mol. The summed E-state index contributed by atoms with van der Waals surface area (Å²) in [6, 6.07) is 6.23. The summed E-state index contributed by atoms with van der Waals surface area (Å²) < 4.78 is 18.2. The van der Waals surface area contributed by atoms with E-state index in [1.807, 2.05) is 0 Å². The van der Waals surface area contributed by atoms with Crippen LogP contribution in [0.5, 0.6) is 0 Å². The largest absolute Gasteiger partial charge is 0.459 e. The molecule has 1 aromatic rings. The van der Waals surface area contributed by atoms with Crippen molar-refractivity contribution in [1.29, 1.82) is 0 Å². The van der Waals surface area contributed by atoms with Crippen molar-refractivity contribution in [2.24, 2.45) is 0 Å². The molecule has 3 nitrogen and oxygen atoms in total. The van der Waals surface area contributed by atoms with Gasteiger partial charge in [0, 0.05) is 5.56 Å². The van der Waals surface area contributed by atoms with Crippen molar-refractivity contribution in [3.8, 4) is 0 Å². The highest BCUT2D eigenvalue weighted by atomic mass is 19.1. The summed E-state index contributed by atoms with van der Waals surface area (Å²) in [7, 11) is 1.67. The maximum absolute atomic E-state index is 13.2. The molecule has 0 amide bonds. The summed E-state index contributed by atoms with van der Waals surface area (Å²) in [5.74, 6) is -0.768. The summed E-state index contributed by atoms with van der Waals surface area (Å²) in [5, 5.41) is 2.82. The number of hydrogen-bond acceptors (Lipinski definition) is 3. The van der Waals surface area contributed by atoms with E-state index < -0.39 is 11.5 Å². The van der Waals surface area contributed by atoms with E-state index in [1.165, 1.54) is 6.07 Å². The first kappa shape index (κ1) is 12.6. The second kappa shape index (κ2) is 5.07. The molecular formula is C12H16FNO2. The third kappa shape index (κ3) is 3.03. The Morgan fingerprint density at radius 3 is 2.62 bits per heavy atom. The Bertz CT molecular complexity index is 377. The number of hydrogen-bond donors (Lipinski definition) is 1. The summed E-state index contributed by atoms with van der Waals surface area (Å²) in [6.07, 6.45) is 0. The van der Waals surface area contributed by atoms with Gasteiger partial charge in [-0.2, -0.15) is 0 Å². The first-order valence-electron chi connectivity index (χ1n) is 5.07. The number of carbonyl (C=O) groups is 1. The monoisotopic (exact) mass is 225 g/mol. The lowest BCUT2D eigenvalue weighted by Crippen LogP contribution is -2.45. The lowest BCUT2D eigenvalue weighted by molar-refractivity contribution is -0.151. The van der Waals surface area contributed by atoms with Crippen molar-refractivity contribution < 1.29 is 13.9 Å². The van der Waals surface area contributed by atoms with Gasteiger partial charge in [0.1, 0.15) is 18.0 Å². The van der Waals surface area contributed by atoms with E-state index >= 15 is 0 Å². The Hall–Kier alpha value is -1.42. The van der Waals surface area contributed by atoms with Crippen molar-refractivity contribution in [2.75, 3.05) is 7.05 Å². The van der Waals surface area contributed by atoms with Crippen LogP contribution < -0.4 is 5.32 Å². The van der Waals surface area contributed by atoms with Gasteiger partial charge in [0.05, 0.1) is 0 Å². The number of likely N-dealkylation sites (N-methyl/N-ethyl adjacent to an activating group) is 1. The van der Waals surface area contributed by atoms with E-state index in [9.17, 15) is 9.18 Å². The number of ether oxygens (including phenoxy) is 1. The standard InChI is InChI=1S/C12H16FNO2/c1-12(2,14-3)11(15)16-8-9-6-4-5-7-10(9)13/h4-7,14H,8H2,1-3H3. The van der Waals surface area contributed by atoms with Gasteiger partial charge in [0.25, 0.3) is 0 Å². The molecule has 0 spiro atoms. The van der Waals surface area contributed by atoms with Crippen molar-refractivity contribution in [3.05, 3.63) is 35.6 Å². The molecule has 0 heterocycles. The fraction of sp³-hybridized carbons (Fsp3) is 0.417. The van der Waals surface area contributed by atoms with E-state index in [2.05, 4.69) is 5.32 Å². The molecule has 0 atom stereocenters. The predicted octanol–water partition coefficient (Wildman–Crippen LogP) is 1.87. The van der Waals surface area contributed by atoms with E-state index in [1.54, 1.807) is 39.1 Å². The number of rotatable bonds is 4. The number of carbonyl (C=O) groups excluding carboxylic acids is 1. The molecule has 1 N–H and O–H groups in total. The lowest BCUT2D eigenvalue weighted by Gasteiger charge is -2.21. The predicted molar refractivity (Wildman–Crippen MR) is 59.3 cm³/mol. The molecule has 0 radical (unpaired) electrons. The first-order valence-corrected chi connectivity index (χ1v) is 5.07. The zero-order chi connectivity index (χ0) is 12.2. The molecule has 0 unspecified atom stereocenters. The van der Waals surface area contributed by atoms with Gasteiger partial charge in [0.15, 0.2) is 0 Å². The summed E-state index contributed by atoms with van der Waals surface area (Å²) in [5.41, 5.74) is -0.381. The topological polar surface area (TPSA) is 38.3 Å². The number of nitrogens with one attached hydrogen (secondary N) is 1. The minimum absolute atomic E-state index is 0.0450. The molecule has 1 aromatic carbocycles. The molecule has 0 aliphatic heterocycles. The SMILES string of the molecule is CNC(C)(C)C(=O)OCc1ccccc1F. The number of halogens is 1. The van der Waals surface area contributed by atoms with Crippen LogP contribution in [0.3, 0.4) is 0 Å². The van der Waals surface area contributed by atoms with Gasteiger partial charge >= 0.3 is 5.97 Å². The first-order chi connectivity index (χ1) is 7.47. The second-order valence-electron chi connectivity index (χ2n) is 4.04. The Morgan fingerprint density at radius 1 is 1.44 bits per heavy atom. The highest BCUT2D eigenvalue weighted by Crippen LogP contribution is 2.10. The average Bonchev–Trinajstić information content (AvgIpc) is 2.27. The summed E-state index contributed by atoms with van der Waals surface area (Å²) >= 11 is 0. The molecular weight excluding hydrogens is 209 g/mol. The van der Waals surface area contributed by atoms with E-state index in [0.717, 1.165) is 0 Å². The van der Waals surface area contributed by atoms with Crippen LogP contribution in [-0.4, -0.2) is 18.6 Å². The summed E-state index contributed by atoms with van der Waals surface area (Å²) in [6.45, 7) is 3.37. The molecule has 16 heavy (non-hydrogen) atoms. The van der Waals surface area contributed by atoms with Gasteiger partial charge in [-0.15, -0.1) is 0 Å². The molecule has 0 saturated carbocycles. The number of esters is 1. The Kier molecular flexibility index (Phi) is 4.01. The maximum Gasteiger partial charge on any atom is 0.326 e. The fourth-order valence-corrected chi connectivity index (χ4v) is 1.04. The van der Waals surface area contributed by atoms with E-state index in [4.69, 9.17) is 4.74 Å². The zero-order valence-corrected chi connectivity index (χ0v) is 9.71. The molecule has 0 aliphatic rings. The molecule has 0 aliphatic carbocycles. The molecule has 88 valence electrons. The summed E-state index contributed by atoms with van der Waals surface area (Å²) in [4.78, 5) is 11.6. The van der Waals surface area contributed by atoms with Gasteiger partial charge in [-0.1, -0.05) is 18.2 Å². The normalized spacial score (nSPS) is 11.2. The molecule has 0 bridgehead atoms. The van der Waals surface area contributed by atoms with Gasteiger partial charge in [-0.3, -0.25) is 4.79 Å². The van der Waals surface area contributed by atoms with Crippen molar-refractivity contribution in [1.82, 2.24) is 5.32 Å². The van der Waals surface area contributed by atoms with Crippen LogP contribution in [-0.2, 0) is 16.1 Å². The maximum atomic E-state index is 13.2.